The van der Waals surface area contributed by atoms with Crippen LogP contribution in [0.15, 0.2) is 47.2 Å². The highest BCUT2D eigenvalue weighted by Crippen LogP contribution is 2.28. The Hall–Kier alpha value is -2.97. The minimum absolute atomic E-state index is 0.0577. The van der Waals surface area contributed by atoms with Crippen molar-refractivity contribution in [2.45, 2.75) is 19.4 Å². The number of nitrogens with zero attached hydrogens (tertiary/aromatic N) is 2. The molecule has 5 rings (SSSR count). The Morgan fingerprint density at radius 3 is 2.93 bits per heavy atom. The van der Waals surface area contributed by atoms with E-state index in [4.69, 9.17) is 0 Å². The van der Waals surface area contributed by atoms with Gasteiger partial charge in [0.05, 0.1) is 17.0 Å². The van der Waals surface area contributed by atoms with Crippen molar-refractivity contribution in [3.05, 3.63) is 69.0 Å². The van der Waals surface area contributed by atoms with Crippen LogP contribution in [0.2, 0.25) is 0 Å². The van der Waals surface area contributed by atoms with Crippen LogP contribution in [-0.2, 0) is 24.2 Å². The monoisotopic (exact) mass is 422 g/mol. The number of benzene rings is 1. The summed E-state index contributed by atoms with van der Waals surface area (Å²) in [4.78, 5) is 35.4. The fourth-order valence-electron chi connectivity index (χ4n) is 3.66. The number of carbonyl (C=O) groups is 2. The highest BCUT2D eigenvalue weighted by molar-refractivity contribution is 7.14. The van der Waals surface area contributed by atoms with Crippen molar-refractivity contribution in [3.63, 3.8) is 0 Å². The first-order valence-electron chi connectivity index (χ1n) is 9.33. The van der Waals surface area contributed by atoms with E-state index in [1.54, 1.807) is 6.07 Å². The minimum Gasteiger partial charge on any atom is -0.358 e. The van der Waals surface area contributed by atoms with E-state index in [-0.39, 0.29) is 18.2 Å². The van der Waals surface area contributed by atoms with Crippen LogP contribution in [0, 0.1) is 0 Å². The molecule has 2 amide bonds. The predicted molar refractivity (Wildman–Crippen MR) is 116 cm³/mol. The molecule has 1 aliphatic rings. The van der Waals surface area contributed by atoms with Gasteiger partial charge in [-0.25, -0.2) is 4.98 Å². The molecule has 1 aromatic carbocycles. The third-order valence-electron chi connectivity index (χ3n) is 5.08. The fourth-order valence-corrected chi connectivity index (χ4v) is 4.98. The Morgan fingerprint density at radius 2 is 2.07 bits per heavy atom. The van der Waals surface area contributed by atoms with Crippen molar-refractivity contribution in [1.29, 1.82) is 0 Å². The first kappa shape index (κ1) is 18.1. The number of para-hydroxylation sites is 1. The van der Waals surface area contributed by atoms with Gasteiger partial charge in [-0.2, -0.15) is 0 Å². The number of aromatic amines is 1. The van der Waals surface area contributed by atoms with E-state index < -0.39 is 0 Å². The number of aromatic nitrogens is 2. The van der Waals surface area contributed by atoms with Crippen molar-refractivity contribution in [3.8, 4) is 0 Å². The molecular formula is C21H18N4O2S2. The Labute approximate surface area is 175 Å². The van der Waals surface area contributed by atoms with Crippen LogP contribution in [0.1, 0.15) is 26.6 Å². The maximum absolute atomic E-state index is 12.8. The van der Waals surface area contributed by atoms with Gasteiger partial charge in [-0.15, -0.1) is 22.7 Å². The maximum atomic E-state index is 12.8. The van der Waals surface area contributed by atoms with E-state index in [0.717, 1.165) is 11.9 Å². The van der Waals surface area contributed by atoms with Crippen LogP contribution >= 0.6 is 22.7 Å². The number of fused-ring (bicyclic) bond motifs is 3. The Balaban J connectivity index is 1.25. The first-order valence-corrected chi connectivity index (χ1v) is 11.1. The smallest absolute Gasteiger partial charge is 0.267 e. The molecule has 3 aromatic heterocycles. The summed E-state index contributed by atoms with van der Waals surface area (Å²) >= 11 is 2.73. The zero-order chi connectivity index (χ0) is 19.8. The predicted octanol–water partition coefficient (Wildman–Crippen LogP) is 4.07. The standard InChI is InChI=1S/C21H18N4O2S2/c26-19(10-13-12-29-21(22-13)24-20(27)18-6-3-9-28-18)25-8-7-17-15(11-25)14-4-1-2-5-16(14)23-17/h1-6,9,12,23H,7-8,10-11H2,(H,22,24,27). The number of carbonyl (C=O) groups excluding carboxylic acids is 2. The Morgan fingerprint density at radius 1 is 1.17 bits per heavy atom. The van der Waals surface area contributed by atoms with Crippen LogP contribution in [-0.4, -0.2) is 33.2 Å². The lowest BCUT2D eigenvalue weighted by Gasteiger charge is -2.27. The molecule has 146 valence electrons. The van der Waals surface area contributed by atoms with Gasteiger partial charge in [0, 0.05) is 47.1 Å². The highest BCUT2D eigenvalue weighted by atomic mass is 32.1. The SMILES string of the molecule is O=C(Nc1nc(CC(=O)N2CCc3[nH]c4ccccc4c3C2)cs1)c1cccs1. The molecule has 0 atom stereocenters. The number of thiazole rings is 1. The second-order valence-corrected chi connectivity index (χ2v) is 8.75. The summed E-state index contributed by atoms with van der Waals surface area (Å²) in [6.07, 6.45) is 1.07. The van der Waals surface area contributed by atoms with Gasteiger partial charge in [-0.05, 0) is 17.5 Å². The van der Waals surface area contributed by atoms with E-state index in [1.165, 1.54) is 39.3 Å². The molecule has 0 unspecified atom stereocenters. The van der Waals surface area contributed by atoms with Crippen molar-refractivity contribution in [1.82, 2.24) is 14.9 Å². The van der Waals surface area contributed by atoms with Gasteiger partial charge in [0.15, 0.2) is 5.13 Å². The molecule has 0 radical (unpaired) electrons. The number of thiophene rings is 1. The summed E-state index contributed by atoms with van der Waals surface area (Å²) in [6, 6.07) is 11.8. The molecule has 0 saturated heterocycles. The number of amides is 2. The third-order valence-corrected chi connectivity index (χ3v) is 6.76. The number of anilines is 1. The Bertz CT molecular complexity index is 1190. The number of nitrogens with one attached hydrogen (secondary N) is 2. The van der Waals surface area contributed by atoms with Gasteiger partial charge in [0.2, 0.25) is 5.91 Å². The van der Waals surface area contributed by atoms with Crippen LogP contribution in [0.3, 0.4) is 0 Å². The molecule has 0 aliphatic carbocycles. The molecule has 0 saturated carbocycles. The lowest BCUT2D eigenvalue weighted by Crippen LogP contribution is -2.36. The number of hydrogen-bond acceptors (Lipinski definition) is 5. The molecule has 0 bridgehead atoms. The van der Waals surface area contributed by atoms with Crippen molar-refractivity contribution in [2.24, 2.45) is 0 Å². The molecular weight excluding hydrogens is 404 g/mol. The topological polar surface area (TPSA) is 78.1 Å². The molecule has 2 N–H and O–H groups in total. The van der Waals surface area contributed by atoms with Gasteiger partial charge in [-0.3, -0.25) is 14.9 Å². The molecule has 1 aliphatic heterocycles. The van der Waals surface area contributed by atoms with E-state index in [0.29, 0.717) is 28.8 Å². The van der Waals surface area contributed by atoms with Crippen LogP contribution in [0.25, 0.3) is 10.9 Å². The lowest BCUT2D eigenvalue weighted by atomic mass is 10.0. The minimum atomic E-state index is -0.171. The normalized spacial score (nSPS) is 13.4. The highest BCUT2D eigenvalue weighted by Gasteiger charge is 2.24. The third kappa shape index (κ3) is 3.56. The second kappa shape index (κ2) is 7.46. The van der Waals surface area contributed by atoms with Crippen LogP contribution in [0.4, 0.5) is 5.13 Å². The second-order valence-electron chi connectivity index (χ2n) is 6.95. The number of H-pyrrole nitrogens is 1. The molecule has 0 fully saturated rings. The van der Waals surface area contributed by atoms with Crippen LogP contribution < -0.4 is 5.32 Å². The summed E-state index contributed by atoms with van der Waals surface area (Å²) in [5.74, 6) is -0.113. The van der Waals surface area contributed by atoms with Crippen molar-refractivity contribution >= 4 is 50.5 Å². The molecule has 4 heterocycles. The summed E-state index contributed by atoms with van der Waals surface area (Å²) in [6.45, 7) is 1.31. The largest absolute Gasteiger partial charge is 0.358 e. The quantitative estimate of drug-likeness (QED) is 0.520. The van der Waals surface area contributed by atoms with Crippen LogP contribution in [0.5, 0.6) is 0 Å². The summed E-state index contributed by atoms with van der Waals surface area (Å²) < 4.78 is 0. The van der Waals surface area contributed by atoms with Gasteiger partial charge < -0.3 is 9.88 Å². The molecule has 8 heteroatoms. The van der Waals surface area contributed by atoms with E-state index in [1.807, 2.05) is 33.9 Å². The van der Waals surface area contributed by atoms with E-state index in [9.17, 15) is 9.59 Å². The van der Waals surface area contributed by atoms with Gasteiger partial charge in [0.25, 0.3) is 5.91 Å². The molecule has 29 heavy (non-hydrogen) atoms. The zero-order valence-corrected chi connectivity index (χ0v) is 17.1. The number of hydrogen-bond donors (Lipinski definition) is 2. The van der Waals surface area contributed by atoms with E-state index >= 15 is 0 Å². The lowest BCUT2D eigenvalue weighted by molar-refractivity contribution is -0.131. The average molecular weight is 423 g/mol. The van der Waals surface area contributed by atoms with Crippen molar-refractivity contribution in [2.75, 3.05) is 11.9 Å². The van der Waals surface area contributed by atoms with Crippen molar-refractivity contribution < 1.29 is 9.59 Å². The maximum Gasteiger partial charge on any atom is 0.267 e. The average Bonchev–Trinajstić information content (AvgIpc) is 3.47. The molecule has 6 nitrogen and oxygen atoms in total. The zero-order valence-electron chi connectivity index (χ0n) is 15.5. The Kier molecular flexibility index (Phi) is 4.65. The van der Waals surface area contributed by atoms with Gasteiger partial charge in [0.1, 0.15) is 0 Å². The van der Waals surface area contributed by atoms with Gasteiger partial charge in [-0.1, -0.05) is 24.3 Å². The first-order chi connectivity index (χ1) is 14.2. The molecule has 0 spiro atoms. The summed E-state index contributed by atoms with van der Waals surface area (Å²) in [5.41, 5.74) is 4.24. The number of rotatable bonds is 4. The summed E-state index contributed by atoms with van der Waals surface area (Å²) in [5, 5.41) is 8.20. The van der Waals surface area contributed by atoms with Gasteiger partial charge >= 0.3 is 0 Å². The van der Waals surface area contributed by atoms with E-state index in [2.05, 4.69) is 27.4 Å². The summed E-state index contributed by atoms with van der Waals surface area (Å²) in [7, 11) is 0. The molecule has 4 aromatic rings. The fraction of sp³-hybridized carbons (Fsp3) is 0.190.